The molecule has 2 rings (SSSR count). The summed E-state index contributed by atoms with van der Waals surface area (Å²) in [6.07, 6.45) is 0.924. The molecule has 4 atom stereocenters. The summed E-state index contributed by atoms with van der Waals surface area (Å²) in [5.74, 6) is -1.15. The Labute approximate surface area is 124 Å². The van der Waals surface area contributed by atoms with Crippen molar-refractivity contribution in [1.29, 1.82) is 0 Å². The van der Waals surface area contributed by atoms with Crippen molar-refractivity contribution in [1.82, 2.24) is 9.80 Å². The fourth-order valence-corrected chi connectivity index (χ4v) is 3.04. The molecule has 0 saturated carbocycles. The molecular weight excluding hydrogens is 276 g/mol. The number of rotatable bonds is 3. The molecule has 2 amide bonds. The molecule has 2 saturated heterocycles. The van der Waals surface area contributed by atoms with Gasteiger partial charge in [0.05, 0.1) is 25.4 Å². The van der Waals surface area contributed by atoms with Crippen LogP contribution in [0.4, 0.5) is 4.79 Å². The van der Waals surface area contributed by atoms with Gasteiger partial charge in [-0.25, -0.2) is 4.79 Å². The summed E-state index contributed by atoms with van der Waals surface area (Å²) in [5, 5.41) is 9.19. The predicted octanol–water partition coefficient (Wildman–Crippen LogP) is 0.495. The van der Waals surface area contributed by atoms with Crippen LogP contribution in [0.25, 0.3) is 0 Å². The van der Waals surface area contributed by atoms with E-state index in [1.54, 1.807) is 19.1 Å². The topological polar surface area (TPSA) is 79.3 Å². The molecule has 0 aromatic rings. The second kappa shape index (κ2) is 6.62. The average Bonchev–Trinajstić information content (AvgIpc) is 2.96. The number of methoxy groups -OCH3 is 1. The number of amides is 2. The fourth-order valence-electron chi connectivity index (χ4n) is 3.04. The zero-order chi connectivity index (χ0) is 15.6. The van der Waals surface area contributed by atoms with Crippen LogP contribution in [0.3, 0.4) is 0 Å². The zero-order valence-electron chi connectivity index (χ0n) is 12.8. The first-order chi connectivity index (χ1) is 9.95. The number of likely N-dealkylation sites (tertiary alicyclic amines) is 1. The van der Waals surface area contributed by atoms with Crippen LogP contribution in [0.5, 0.6) is 0 Å². The van der Waals surface area contributed by atoms with Gasteiger partial charge in [0.15, 0.2) is 0 Å². The van der Waals surface area contributed by atoms with Gasteiger partial charge >= 0.3 is 12.0 Å². The highest BCUT2D eigenvalue weighted by atomic mass is 16.5. The number of ether oxygens (including phenoxy) is 2. The molecule has 2 aliphatic heterocycles. The van der Waals surface area contributed by atoms with Crippen LogP contribution in [0.15, 0.2) is 0 Å². The molecule has 7 heteroatoms. The van der Waals surface area contributed by atoms with Gasteiger partial charge in [-0.1, -0.05) is 6.92 Å². The van der Waals surface area contributed by atoms with Crippen LogP contribution in [-0.2, 0) is 14.3 Å². The number of hydrogen-bond acceptors (Lipinski definition) is 4. The van der Waals surface area contributed by atoms with Crippen molar-refractivity contribution in [2.45, 2.75) is 25.5 Å². The lowest BCUT2D eigenvalue weighted by molar-refractivity contribution is -0.142. The lowest BCUT2D eigenvalue weighted by atomic mass is 9.96. The lowest BCUT2D eigenvalue weighted by Crippen LogP contribution is -2.54. The van der Waals surface area contributed by atoms with Crippen molar-refractivity contribution in [2.75, 3.05) is 40.5 Å². The second-order valence-corrected chi connectivity index (χ2v) is 5.93. The molecule has 0 aromatic heterocycles. The van der Waals surface area contributed by atoms with Gasteiger partial charge in [-0.3, -0.25) is 4.79 Å². The minimum Gasteiger partial charge on any atom is -0.481 e. The number of hydrogen-bond donors (Lipinski definition) is 1. The Kier molecular flexibility index (Phi) is 5.05. The molecule has 0 aromatic carbocycles. The van der Waals surface area contributed by atoms with E-state index < -0.39 is 17.9 Å². The number of nitrogens with zero attached hydrogens (tertiary/aromatic N) is 2. The van der Waals surface area contributed by atoms with Crippen LogP contribution < -0.4 is 0 Å². The number of carboxylic acids is 1. The molecular formula is C14H24N2O5. The summed E-state index contributed by atoms with van der Waals surface area (Å²) in [5.41, 5.74) is 0. The highest BCUT2D eigenvalue weighted by Crippen LogP contribution is 2.23. The fraction of sp³-hybridized carbons (Fsp3) is 0.857. The van der Waals surface area contributed by atoms with Gasteiger partial charge in [0.25, 0.3) is 0 Å². The normalized spacial score (nSPS) is 33.0. The molecule has 2 heterocycles. The maximum absolute atomic E-state index is 12.6. The monoisotopic (exact) mass is 300 g/mol. The minimum atomic E-state index is -0.917. The van der Waals surface area contributed by atoms with E-state index in [4.69, 9.17) is 9.47 Å². The molecule has 0 spiro atoms. The standard InChI is InChI=1S/C14H24N2O5/c1-9-4-5-16(6-12(9)20-3)14(19)15(2)11-8-21-7-10(11)13(17)18/h9-12H,4-8H2,1-3H3,(H,17,18). The van der Waals surface area contributed by atoms with Crippen molar-refractivity contribution < 1.29 is 24.2 Å². The maximum Gasteiger partial charge on any atom is 0.320 e. The highest BCUT2D eigenvalue weighted by molar-refractivity contribution is 5.77. The molecule has 120 valence electrons. The number of carbonyl (C=O) groups excluding carboxylic acids is 1. The van der Waals surface area contributed by atoms with E-state index in [-0.39, 0.29) is 25.3 Å². The van der Waals surface area contributed by atoms with Crippen molar-refractivity contribution in [3.8, 4) is 0 Å². The summed E-state index contributed by atoms with van der Waals surface area (Å²) in [6, 6.07) is -0.555. The van der Waals surface area contributed by atoms with E-state index in [0.717, 1.165) is 6.42 Å². The molecule has 1 N–H and O–H groups in total. The van der Waals surface area contributed by atoms with Crippen LogP contribution in [-0.4, -0.2) is 79.5 Å². The summed E-state index contributed by atoms with van der Waals surface area (Å²) < 4.78 is 10.6. The predicted molar refractivity (Wildman–Crippen MR) is 75.0 cm³/mol. The summed E-state index contributed by atoms with van der Waals surface area (Å²) in [6.45, 7) is 3.78. The van der Waals surface area contributed by atoms with Crippen LogP contribution in [0.2, 0.25) is 0 Å². The van der Waals surface area contributed by atoms with Crippen LogP contribution in [0.1, 0.15) is 13.3 Å². The number of urea groups is 1. The van der Waals surface area contributed by atoms with E-state index in [1.807, 2.05) is 0 Å². The maximum atomic E-state index is 12.6. The van der Waals surface area contributed by atoms with E-state index in [0.29, 0.717) is 19.0 Å². The largest absolute Gasteiger partial charge is 0.481 e. The third kappa shape index (κ3) is 3.29. The van der Waals surface area contributed by atoms with Gasteiger partial charge in [0, 0.05) is 27.2 Å². The summed E-state index contributed by atoms with van der Waals surface area (Å²) in [7, 11) is 3.31. The van der Waals surface area contributed by atoms with E-state index in [1.165, 1.54) is 4.90 Å². The van der Waals surface area contributed by atoms with Crippen molar-refractivity contribution >= 4 is 12.0 Å². The highest BCUT2D eigenvalue weighted by Gasteiger charge is 2.40. The number of likely N-dealkylation sites (N-methyl/N-ethyl adjacent to an activating group) is 1. The third-order valence-electron chi connectivity index (χ3n) is 4.63. The SMILES string of the molecule is COC1CN(C(=O)N(C)C2COCC2C(=O)O)CCC1C. The average molecular weight is 300 g/mol. The lowest BCUT2D eigenvalue weighted by Gasteiger charge is -2.39. The quantitative estimate of drug-likeness (QED) is 0.821. The Bertz CT molecular complexity index is 403. The molecule has 21 heavy (non-hydrogen) atoms. The first-order valence-corrected chi connectivity index (χ1v) is 7.30. The van der Waals surface area contributed by atoms with Crippen LogP contribution in [0, 0.1) is 11.8 Å². The third-order valence-corrected chi connectivity index (χ3v) is 4.63. The smallest absolute Gasteiger partial charge is 0.320 e. The summed E-state index contributed by atoms with van der Waals surface area (Å²) >= 11 is 0. The van der Waals surface area contributed by atoms with Crippen molar-refractivity contribution in [3.05, 3.63) is 0 Å². The van der Waals surface area contributed by atoms with Gasteiger partial charge in [0.1, 0.15) is 5.92 Å². The molecule has 7 nitrogen and oxygen atoms in total. The molecule has 0 radical (unpaired) electrons. The zero-order valence-corrected chi connectivity index (χ0v) is 12.8. The van der Waals surface area contributed by atoms with Gasteiger partial charge in [0.2, 0.25) is 0 Å². The van der Waals surface area contributed by atoms with Gasteiger partial charge in [-0.05, 0) is 12.3 Å². The second-order valence-electron chi connectivity index (χ2n) is 5.93. The number of piperidine rings is 1. The Morgan fingerprint density at radius 1 is 1.38 bits per heavy atom. The Morgan fingerprint density at radius 2 is 2.10 bits per heavy atom. The number of aliphatic carboxylic acids is 1. The minimum absolute atomic E-state index is 0.0335. The number of carbonyl (C=O) groups is 2. The Hall–Kier alpha value is -1.34. The molecule has 0 aliphatic carbocycles. The molecule has 2 fully saturated rings. The Morgan fingerprint density at radius 3 is 2.71 bits per heavy atom. The first-order valence-electron chi connectivity index (χ1n) is 7.30. The Balaban J connectivity index is 2.00. The van der Waals surface area contributed by atoms with Gasteiger partial charge in [-0.15, -0.1) is 0 Å². The van der Waals surface area contributed by atoms with Crippen molar-refractivity contribution in [2.24, 2.45) is 11.8 Å². The van der Waals surface area contributed by atoms with E-state index >= 15 is 0 Å². The summed E-state index contributed by atoms with van der Waals surface area (Å²) in [4.78, 5) is 27.0. The first kappa shape index (κ1) is 16.0. The van der Waals surface area contributed by atoms with Gasteiger partial charge in [-0.2, -0.15) is 0 Å². The van der Waals surface area contributed by atoms with Crippen molar-refractivity contribution in [3.63, 3.8) is 0 Å². The molecule has 2 aliphatic rings. The van der Waals surface area contributed by atoms with E-state index in [9.17, 15) is 14.7 Å². The van der Waals surface area contributed by atoms with E-state index in [2.05, 4.69) is 6.92 Å². The molecule has 0 bridgehead atoms. The molecule has 4 unspecified atom stereocenters. The number of carboxylic acid groups (broad SMARTS) is 1. The van der Waals surface area contributed by atoms with Crippen LogP contribution >= 0.6 is 0 Å². The van der Waals surface area contributed by atoms with Gasteiger partial charge < -0.3 is 24.4 Å².